The molecule has 5 saturated carbocycles. The van der Waals surface area contributed by atoms with Gasteiger partial charge < -0.3 is 25.2 Å². The number of hydrogen-bond donors (Lipinski definition) is 4. The van der Waals surface area contributed by atoms with E-state index in [-0.39, 0.29) is 51.1 Å². The van der Waals surface area contributed by atoms with Gasteiger partial charge in [-0.05, 0) is 117 Å². The molecule has 0 aromatic heterocycles. The fourth-order valence-corrected chi connectivity index (χ4v) is 12.1. The summed E-state index contributed by atoms with van der Waals surface area (Å²) in [7, 11) is 0. The summed E-state index contributed by atoms with van der Waals surface area (Å²) >= 11 is 0. The molecule has 0 aromatic carbocycles. The van der Waals surface area contributed by atoms with Gasteiger partial charge >= 0.3 is 0 Å². The second-order valence-electron chi connectivity index (χ2n) is 15.9. The highest BCUT2D eigenvalue weighted by molar-refractivity contribution is 5.33. The third kappa shape index (κ3) is 2.78. The fourth-order valence-electron chi connectivity index (χ4n) is 12.1. The second-order valence-corrected chi connectivity index (χ2v) is 15.9. The van der Waals surface area contributed by atoms with Crippen LogP contribution < -0.4 is 0 Å². The monoisotopic (exact) mass is 490 g/mol. The largest absolute Gasteiger partial charge is 0.393 e. The van der Waals surface area contributed by atoms with Crippen LogP contribution in [0.25, 0.3) is 0 Å². The van der Waals surface area contributed by atoms with E-state index in [1.165, 1.54) is 6.42 Å². The molecule has 0 unspecified atom stereocenters. The average Bonchev–Trinajstić information content (AvgIpc) is 3.08. The Morgan fingerprint density at radius 3 is 2.09 bits per heavy atom. The van der Waals surface area contributed by atoms with Crippen LogP contribution in [-0.4, -0.2) is 56.0 Å². The number of ether oxygens (including phenoxy) is 1. The van der Waals surface area contributed by atoms with Crippen LogP contribution in [0.4, 0.5) is 0 Å². The van der Waals surface area contributed by atoms with E-state index in [0.717, 1.165) is 51.4 Å². The molecule has 1 heterocycles. The second kappa shape index (κ2) is 6.86. The number of hydrogen-bond acceptors (Lipinski definition) is 5. The van der Waals surface area contributed by atoms with E-state index >= 15 is 0 Å². The Kier molecular flexibility index (Phi) is 4.92. The molecule has 200 valence electrons. The summed E-state index contributed by atoms with van der Waals surface area (Å²) in [5.74, 6) is 0.577. The number of rotatable bonds is 2. The first-order valence-electron chi connectivity index (χ1n) is 14.4. The lowest BCUT2D eigenvalue weighted by molar-refractivity contribution is -0.213. The van der Waals surface area contributed by atoms with E-state index < -0.39 is 23.4 Å². The lowest BCUT2D eigenvalue weighted by atomic mass is 9.41. The van der Waals surface area contributed by atoms with Gasteiger partial charge in [-0.1, -0.05) is 27.7 Å². The normalized spacial score (nSPS) is 60.9. The van der Waals surface area contributed by atoms with Crippen molar-refractivity contribution >= 4 is 0 Å². The Morgan fingerprint density at radius 2 is 1.46 bits per heavy atom. The van der Waals surface area contributed by atoms with Gasteiger partial charge in [0.15, 0.2) is 0 Å². The minimum Gasteiger partial charge on any atom is -0.393 e. The Morgan fingerprint density at radius 1 is 0.771 bits per heavy atom. The van der Waals surface area contributed by atoms with Gasteiger partial charge in [0.1, 0.15) is 0 Å². The quantitative estimate of drug-likeness (QED) is 0.460. The summed E-state index contributed by atoms with van der Waals surface area (Å²) in [5, 5.41) is 45.0. The van der Waals surface area contributed by atoms with Crippen molar-refractivity contribution in [3.63, 3.8) is 0 Å². The van der Waals surface area contributed by atoms with Crippen molar-refractivity contribution in [3.05, 3.63) is 0 Å². The molecule has 6 fully saturated rings. The standard InChI is InChI=1S/C30H50O5/c1-24(2)20(33)8-11-30-16-29(30)13-12-26(5)23(28(7)10-9-21(35-28)25(3,4)34)18(32)15-27(26,6)19(29)14-17(31)22(24)30/h17-23,31-34H,8-16H2,1-7H3/t17-,18-,19+,20-,21-,22+,23-,26+,27-,28+,29-,30+/m0/s1. The minimum absolute atomic E-state index is 0.0267. The molecule has 1 aliphatic heterocycles. The van der Waals surface area contributed by atoms with Gasteiger partial charge in [0, 0.05) is 5.92 Å². The molecule has 12 atom stereocenters. The predicted octanol–water partition coefficient (Wildman–Crippen LogP) is 4.44. The molecule has 0 aromatic rings. The lowest BCUT2D eigenvalue weighted by Gasteiger charge is -2.64. The maximum atomic E-state index is 11.7. The molecule has 0 radical (unpaired) electrons. The Balaban J connectivity index is 1.37. The number of aliphatic hydroxyl groups is 4. The van der Waals surface area contributed by atoms with Gasteiger partial charge in [-0.3, -0.25) is 0 Å². The molecular weight excluding hydrogens is 440 g/mol. The highest BCUT2D eigenvalue weighted by Gasteiger charge is 2.84. The van der Waals surface area contributed by atoms with Crippen molar-refractivity contribution in [1.82, 2.24) is 0 Å². The summed E-state index contributed by atoms with van der Waals surface area (Å²) in [4.78, 5) is 0. The summed E-state index contributed by atoms with van der Waals surface area (Å²) in [6.45, 7) is 15.0. The van der Waals surface area contributed by atoms with Crippen LogP contribution in [0.15, 0.2) is 0 Å². The molecule has 1 saturated heterocycles. The number of fused-ring (bicyclic) bond motifs is 2. The molecule has 2 spiro atoms. The third-order valence-electron chi connectivity index (χ3n) is 13.8. The molecule has 5 heteroatoms. The first-order chi connectivity index (χ1) is 16.0. The highest BCUT2D eigenvalue weighted by atomic mass is 16.5. The minimum atomic E-state index is -0.886. The summed E-state index contributed by atoms with van der Waals surface area (Å²) in [5.41, 5.74) is -1.35. The zero-order valence-electron chi connectivity index (χ0n) is 23.1. The molecule has 35 heavy (non-hydrogen) atoms. The molecule has 4 N–H and O–H groups in total. The highest BCUT2D eigenvalue weighted by Crippen LogP contribution is 2.89. The van der Waals surface area contributed by atoms with Crippen LogP contribution >= 0.6 is 0 Å². The van der Waals surface area contributed by atoms with Crippen LogP contribution in [0.5, 0.6) is 0 Å². The van der Waals surface area contributed by atoms with Crippen LogP contribution in [0.3, 0.4) is 0 Å². The van der Waals surface area contributed by atoms with Gasteiger partial charge in [-0.2, -0.15) is 0 Å². The molecule has 6 aliphatic rings. The van der Waals surface area contributed by atoms with E-state index in [2.05, 4.69) is 34.6 Å². The zero-order chi connectivity index (χ0) is 25.6. The van der Waals surface area contributed by atoms with E-state index in [9.17, 15) is 20.4 Å². The molecule has 5 aliphatic carbocycles. The van der Waals surface area contributed by atoms with Gasteiger partial charge in [-0.15, -0.1) is 0 Å². The van der Waals surface area contributed by atoms with Crippen LogP contribution in [0.2, 0.25) is 0 Å². The predicted molar refractivity (Wildman–Crippen MR) is 134 cm³/mol. The Bertz CT molecular complexity index is 911. The SMILES string of the molecule is CC(C)(O)[C@@H]1CC[C@](C)([C@H]2[C@@H](O)C[C@@]3(C)[C@H]4C[C@H](O)[C@@H]5C(C)(C)[C@@H](O)CC[C@@]56C[C@@]46CC[C@]23C)O1. The van der Waals surface area contributed by atoms with Crippen molar-refractivity contribution in [2.24, 2.45) is 44.8 Å². The maximum Gasteiger partial charge on any atom is 0.0865 e. The molecule has 0 bridgehead atoms. The van der Waals surface area contributed by atoms with E-state index in [4.69, 9.17) is 4.74 Å². The maximum absolute atomic E-state index is 11.7. The van der Waals surface area contributed by atoms with Crippen LogP contribution in [0.1, 0.15) is 106 Å². The van der Waals surface area contributed by atoms with Crippen molar-refractivity contribution < 1.29 is 25.2 Å². The van der Waals surface area contributed by atoms with Crippen molar-refractivity contribution in [3.8, 4) is 0 Å². The molecule has 6 rings (SSSR count). The summed E-state index contributed by atoms with van der Waals surface area (Å²) in [6.07, 6.45) is 7.18. The molecule has 5 nitrogen and oxygen atoms in total. The third-order valence-corrected chi connectivity index (χ3v) is 13.8. The topological polar surface area (TPSA) is 90.2 Å². The first-order valence-corrected chi connectivity index (χ1v) is 14.4. The van der Waals surface area contributed by atoms with Crippen molar-refractivity contribution in [1.29, 1.82) is 0 Å². The van der Waals surface area contributed by atoms with Crippen molar-refractivity contribution in [2.45, 2.75) is 142 Å². The molecular formula is C30H50O5. The smallest absolute Gasteiger partial charge is 0.0865 e. The zero-order valence-corrected chi connectivity index (χ0v) is 23.1. The van der Waals surface area contributed by atoms with E-state index in [0.29, 0.717) is 5.92 Å². The van der Waals surface area contributed by atoms with Gasteiger partial charge in [-0.25, -0.2) is 0 Å². The molecule has 0 amide bonds. The van der Waals surface area contributed by atoms with Gasteiger partial charge in [0.2, 0.25) is 0 Å². The van der Waals surface area contributed by atoms with Gasteiger partial charge in [0.25, 0.3) is 0 Å². The van der Waals surface area contributed by atoms with Gasteiger partial charge in [0.05, 0.1) is 35.6 Å². The fraction of sp³-hybridized carbons (Fsp3) is 1.00. The number of aliphatic hydroxyl groups excluding tert-OH is 3. The van der Waals surface area contributed by atoms with Crippen LogP contribution in [0, 0.1) is 44.8 Å². The van der Waals surface area contributed by atoms with Crippen LogP contribution in [-0.2, 0) is 4.74 Å². The summed E-state index contributed by atoms with van der Waals surface area (Å²) in [6, 6.07) is 0. The van der Waals surface area contributed by atoms with E-state index in [1.54, 1.807) is 0 Å². The average molecular weight is 491 g/mol. The van der Waals surface area contributed by atoms with E-state index in [1.807, 2.05) is 13.8 Å². The summed E-state index contributed by atoms with van der Waals surface area (Å²) < 4.78 is 6.66. The first kappa shape index (κ1) is 25.1. The Labute approximate surface area is 212 Å². The lowest BCUT2D eigenvalue weighted by Crippen LogP contribution is -2.62. The Hall–Kier alpha value is -0.200. The van der Waals surface area contributed by atoms with Crippen molar-refractivity contribution in [2.75, 3.05) is 0 Å².